The predicted molar refractivity (Wildman–Crippen MR) is 76.9 cm³/mol. The number of carboxylic acids is 1. The van der Waals surface area contributed by atoms with Crippen LogP contribution in [0, 0.1) is 12.8 Å². The topological polar surface area (TPSA) is 70.5 Å². The summed E-state index contributed by atoms with van der Waals surface area (Å²) < 4.78 is 0. The Morgan fingerprint density at radius 2 is 2.05 bits per heavy atom. The fraction of sp³-hybridized carbons (Fsp3) is 0.562. The largest absolute Gasteiger partial charge is 0.480 e. The number of nitrogens with zero attached hydrogens (tertiary/aromatic N) is 2. The predicted octanol–water partition coefficient (Wildman–Crippen LogP) is 2.25. The highest BCUT2D eigenvalue weighted by atomic mass is 16.4. The number of hydrogen-bond acceptors (Lipinski definition) is 3. The number of amides is 1. The second kappa shape index (κ2) is 5.47. The quantitative estimate of drug-likeness (QED) is 0.906. The van der Waals surface area contributed by atoms with Gasteiger partial charge in [-0.1, -0.05) is 18.9 Å². The maximum absolute atomic E-state index is 12.8. The molecule has 112 valence electrons. The summed E-state index contributed by atoms with van der Waals surface area (Å²) in [6.45, 7) is 1.83. The second-order valence-corrected chi connectivity index (χ2v) is 6.08. The number of aryl methyl sites for hydroxylation is 1. The molecule has 0 spiro atoms. The van der Waals surface area contributed by atoms with Crippen LogP contribution in [0.25, 0.3) is 0 Å². The van der Waals surface area contributed by atoms with E-state index in [4.69, 9.17) is 0 Å². The minimum absolute atomic E-state index is 0.0645. The Hall–Kier alpha value is -1.91. The number of rotatable bonds is 2. The third-order valence-electron chi connectivity index (χ3n) is 4.72. The van der Waals surface area contributed by atoms with Crippen molar-refractivity contribution in [3.63, 3.8) is 0 Å². The molecule has 1 saturated carbocycles. The summed E-state index contributed by atoms with van der Waals surface area (Å²) in [7, 11) is 0. The lowest BCUT2D eigenvalue weighted by atomic mass is 9.84. The molecule has 2 heterocycles. The van der Waals surface area contributed by atoms with Crippen molar-refractivity contribution in [3.8, 4) is 0 Å². The van der Waals surface area contributed by atoms with E-state index in [0.29, 0.717) is 18.0 Å². The van der Waals surface area contributed by atoms with Gasteiger partial charge in [0.25, 0.3) is 5.91 Å². The van der Waals surface area contributed by atoms with Crippen LogP contribution in [0.1, 0.15) is 48.3 Å². The van der Waals surface area contributed by atoms with Crippen LogP contribution in [0.3, 0.4) is 0 Å². The molecule has 0 bridgehead atoms. The van der Waals surface area contributed by atoms with Gasteiger partial charge in [0.15, 0.2) is 0 Å². The lowest BCUT2D eigenvalue weighted by molar-refractivity contribution is -0.141. The van der Waals surface area contributed by atoms with Gasteiger partial charge in [-0.05, 0) is 44.2 Å². The molecule has 1 aromatic heterocycles. The van der Waals surface area contributed by atoms with Crippen LogP contribution in [0.2, 0.25) is 0 Å². The zero-order valence-electron chi connectivity index (χ0n) is 12.2. The Morgan fingerprint density at radius 1 is 1.29 bits per heavy atom. The van der Waals surface area contributed by atoms with Crippen LogP contribution in [0.5, 0.6) is 0 Å². The Bertz CT molecular complexity index is 572. The molecule has 1 aliphatic carbocycles. The molecule has 0 unspecified atom stereocenters. The molecule has 2 fully saturated rings. The van der Waals surface area contributed by atoms with Crippen molar-refractivity contribution >= 4 is 11.9 Å². The molecule has 21 heavy (non-hydrogen) atoms. The van der Waals surface area contributed by atoms with E-state index in [1.54, 1.807) is 17.0 Å². The van der Waals surface area contributed by atoms with E-state index in [9.17, 15) is 14.7 Å². The minimum Gasteiger partial charge on any atom is -0.480 e. The van der Waals surface area contributed by atoms with E-state index in [-0.39, 0.29) is 11.9 Å². The lowest BCUT2D eigenvalue weighted by Crippen LogP contribution is -2.46. The Balaban J connectivity index is 1.92. The maximum Gasteiger partial charge on any atom is 0.326 e. The first-order valence-corrected chi connectivity index (χ1v) is 7.57. The lowest BCUT2D eigenvalue weighted by Gasteiger charge is -2.32. The SMILES string of the molecule is Cc1cccc(C(=O)N2[C@@H]3CCCC[C@@H]3C[C@H]2C(=O)O)n1. The average Bonchev–Trinajstić information content (AvgIpc) is 2.86. The molecule has 3 atom stereocenters. The van der Waals surface area contributed by atoms with E-state index in [2.05, 4.69) is 4.98 Å². The van der Waals surface area contributed by atoms with Gasteiger partial charge in [0.2, 0.25) is 0 Å². The fourth-order valence-corrected chi connectivity index (χ4v) is 3.77. The van der Waals surface area contributed by atoms with Crippen molar-refractivity contribution in [1.29, 1.82) is 0 Å². The van der Waals surface area contributed by atoms with Gasteiger partial charge in [0.05, 0.1) is 0 Å². The van der Waals surface area contributed by atoms with Gasteiger partial charge in [-0.15, -0.1) is 0 Å². The van der Waals surface area contributed by atoms with Crippen molar-refractivity contribution in [3.05, 3.63) is 29.6 Å². The first-order chi connectivity index (χ1) is 10.1. The van der Waals surface area contributed by atoms with E-state index in [1.807, 2.05) is 13.0 Å². The molecule has 3 rings (SSSR count). The van der Waals surface area contributed by atoms with E-state index < -0.39 is 12.0 Å². The summed E-state index contributed by atoms with van der Waals surface area (Å²) >= 11 is 0. The molecule has 5 heteroatoms. The molecule has 1 saturated heterocycles. The minimum atomic E-state index is -0.898. The summed E-state index contributed by atoms with van der Waals surface area (Å²) in [6.07, 6.45) is 4.72. The fourth-order valence-electron chi connectivity index (χ4n) is 3.77. The highest BCUT2D eigenvalue weighted by Crippen LogP contribution is 2.40. The normalized spacial score (nSPS) is 28.2. The highest BCUT2D eigenvalue weighted by molar-refractivity contribution is 5.95. The molecule has 1 amide bonds. The molecule has 0 aromatic carbocycles. The van der Waals surface area contributed by atoms with Crippen LogP contribution < -0.4 is 0 Å². The molecule has 1 aliphatic heterocycles. The van der Waals surface area contributed by atoms with Crippen LogP contribution in [0.4, 0.5) is 0 Å². The van der Waals surface area contributed by atoms with E-state index >= 15 is 0 Å². The third-order valence-corrected chi connectivity index (χ3v) is 4.72. The summed E-state index contributed by atoms with van der Waals surface area (Å²) in [4.78, 5) is 30.2. The first-order valence-electron chi connectivity index (χ1n) is 7.57. The van der Waals surface area contributed by atoms with Gasteiger partial charge < -0.3 is 10.0 Å². The number of likely N-dealkylation sites (tertiary alicyclic amines) is 1. The number of carbonyl (C=O) groups is 2. The highest BCUT2D eigenvalue weighted by Gasteiger charge is 2.47. The zero-order chi connectivity index (χ0) is 15.0. The summed E-state index contributed by atoms with van der Waals surface area (Å²) in [6, 6.07) is 4.66. The summed E-state index contributed by atoms with van der Waals surface area (Å²) in [5.41, 5.74) is 1.12. The molecule has 5 nitrogen and oxygen atoms in total. The van der Waals surface area contributed by atoms with Crippen molar-refractivity contribution < 1.29 is 14.7 Å². The van der Waals surface area contributed by atoms with E-state index in [0.717, 1.165) is 31.4 Å². The first kappa shape index (κ1) is 14.0. The smallest absolute Gasteiger partial charge is 0.326 e. The number of carboxylic acid groups (broad SMARTS) is 1. The van der Waals surface area contributed by atoms with Gasteiger partial charge >= 0.3 is 5.97 Å². The molecular formula is C16H20N2O3. The van der Waals surface area contributed by atoms with Crippen molar-refractivity contribution in [2.75, 3.05) is 0 Å². The van der Waals surface area contributed by atoms with Gasteiger partial charge in [-0.2, -0.15) is 0 Å². The number of hydrogen-bond donors (Lipinski definition) is 1. The third kappa shape index (κ3) is 2.52. The number of fused-ring (bicyclic) bond motifs is 1. The van der Waals surface area contributed by atoms with Crippen molar-refractivity contribution in [1.82, 2.24) is 9.88 Å². The number of carbonyl (C=O) groups excluding carboxylic acids is 1. The molecule has 2 aliphatic rings. The number of aromatic nitrogens is 1. The van der Waals surface area contributed by atoms with Crippen molar-refractivity contribution in [2.24, 2.45) is 5.92 Å². The Morgan fingerprint density at radius 3 is 2.76 bits per heavy atom. The van der Waals surface area contributed by atoms with E-state index in [1.165, 1.54) is 0 Å². The molecular weight excluding hydrogens is 268 g/mol. The van der Waals surface area contributed by atoms with Crippen LogP contribution in [-0.4, -0.2) is 39.0 Å². The van der Waals surface area contributed by atoms with Gasteiger partial charge in [0.1, 0.15) is 11.7 Å². The molecule has 1 aromatic rings. The van der Waals surface area contributed by atoms with Crippen molar-refractivity contribution in [2.45, 2.75) is 51.1 Å². The summed E-state index contributed by atoms with van der Waals surface area (Å²) in [5.74, 6) is -0.806. The molecule has 0 radical (unpaired) electrons. The Labute approximate surface area is 124 Å². The number of aliphatic carboxylic acids is 1. The summed E-state index contributed by atoms with van der Waals surface area (Å²) in [5, 5.41) is 9.47. The standard InChI is InChI=1S/C16H20N2O3/c1-10-5-4-7-12(17-10)15(19)18-13-8-3-2-6-11(13)9-14(18)16(20)21/h4-5,7,11,13-14H,2-3,6,8-9H2,1H3,(H,20,21)/t11-,13-,14+/m1/s1. The van der Waals surface area contributed by atoms with Crippen LogP contribution in [-0.2, 0) is 4.79 Å². The maximum atomic E-state index is 12.8. The molecule has 1 N–H and O–H groups in total. The van der Waals surface area contributed by atoms with Crippen LogP contribution in [0.15, 0.2) is 18.2 Å². The zero-order valence-corrected chi connectivity index (χ0v) is 12.2. The number of pyridine rings is 1. The monoisotopic (exact) mass is 288 g/mol. The van der Waals surface area contributed by atoms with Gasteiger partial charge in [-0.3, -0.25) is 4.79 Å². The Kier molecular flexibility index (Phi) is 3.66. The van der Waals surface area contributed by atoms with Gasteiger partial charge in [0, 0.05) is 11.7 Å². The second-order valence-electron chi connectivity index (χ2n) is 6.08. The van der Waals surface area contributed by atoms with Gasteiger partial charge in [-0.25, -0.2) is 9.78 Å². The van der Waals surface area contributed by atoms with Crippen LogP contribution >= 0.6 is 0 Å². The average molecular weight is 288 g/mol.